The summed E-state index contributed by atoms with van der Waals surface area (Å²) < 4.78 is 5.34. The van der Waals surface area contributed by atoms with Gasteiger partial charge in [0.05, 0.1) is 12.7 Å². The van der Waals surface area contributed by atoms with Gasteiger partial charge in [0.25, 0.3) is 0 Å². The van der Waals surface area contributed by atoms with Crippen LogP contribution in [0.5, 0.6) is 0 Å². The van der Waals surface area contributed by atoms with Gasteiger partial charge in [-0.2, -0.15) is 0 Å². The lowest BCUT2D eigenvalue weighted by molar-refractivity contribution is 0.245. The molecule has 0 spiro atoms. The molecule has 0 amide bonds. The maximum absolute atomic E-state index is 6.26. The van der Waals surface area contributed by atoms with Crippen LogP contribution in [0.15, 0.2) is 0 Å². The molecule has 2 N–H and O–H groups in total. The predicted octanol–water partition coefficient (Wildman–Crippen LogP) is 3.88. The summed E-state index contributed by atoms with van der Waals surface area (Å²) in [6, 6.07) is 0. The summed E-state index contributed by atoms with van der Waals surface area (Å²) in [6.45, 7) is 7.56. The van der Waals surface area contributed by atoms with Gasteiger partial charge in [-0.25, -0.2) is 0 Å². The first-order valence-electron chi connectivity index (χ1n) is 7.44. The second-order valence-electron chi connectivity index (χ2n) is 6.27. The molecule has 0 saturated carbocycles. The number of epoxide rings is 1. The highest BCUT2D eigenvalue weighted by atomic mass is 16.6. The number of nitrogens with two attached hydrogens (primary N) is 1. The molecule has 1 rings (SSSR count). The van der Waals surface area contributed by atoms with Crippen LogP contribution in [0.3, 0.4) is 0 Å². The highest BCUT2D eigenvalue weighted by Crippen LogP contribution is 2.30. The molecule has 0 aliphatic carbocycles. The molecule has 1 aliphatic heterocycles. The molecule has 102 valence electrons. The third-order valence-electron chi connectivity index (χ3n) is 3.91. The van der Waals surface area contributed by atoms with E-state index in [4.69, 9.17) is 10.5 Å². The largest absolute Gasteiger partial charge is 0.373 e. The number of rotatable bonds is 10. The first kappa shape index (κ1) is 15.0. The quantitative estimate of drug-likeness (QED) is 0.465. The molecule has 2 nitrogen and oxygen atoms in total. The normalized spacial score (nSPS) is 21.5. The molecule has 0 aromatic rings. The zero-order valence-electron chi connectivity index (χ0n) is 12.0. The Labute approximate surface area is 107 Å². The van der Waals surface area contributed by atoms with Crippen molar-refractivity contribution in [3.05, 3.63) is 0 Å². The lowest BCUT2D eigenvalue weighted by Gasteiger charge is -2.30. The number of hydrogen-bond donors (Lipinski definition) is 1. The van der Waals surface area contributed by atoms with Crippen LogP contribution in [0.4, 0.5) is 0 Å². The molecule has 0 aromatic heterocycles. The molecule has 0 aromatic carbocycles. The fourth-order valence-corrected chi connectivity index (χ4v) is 2.49. The van der Waals surface area contributed by atoms with Gasteiger partial charge in [-0.1, -0.05) is 45.4 Å². The van der Waals surface area contributed by atoms with Crippen molar-refractivity contribution in [2.24, 2.45) is 11.7 Å². The van der Waals surface area contributed by atoms with Gasteiger partial charge in [-0.3, -0.25) is 0 Å². The van der Waals surface area contributed by atoms with Gasteiger partial charge in [0.2, 0.25) is 0 Å². The zero-order valence-corrected chi connectivity index (χ0v) is 12.0. The van der Waals surface area contributed by atoms with Crippen molar-refractivity contribution in [2.75, 3.05) is 6.61 Å². The predicted molar refractivity (Wildman–Crippen MR) is 74.1 cm³/mol. The van der Waals surface area contributed by atoms with Crippen LogP contribution in [0.1, 0.15) is 72.1 Å². The van der Waals surface area contributed by atoms with Crippen molar-refractivity contribution in [3.63, 3.8) is 0 Å². The van der Waals surface area contributed by atoms with E-state index in [0.717, 1.165) is 6.61 Å². The Bertz CT molecular complexity index is 194. The van der Waals surface area contributed by atoms with Gasteiger partial charge in [0.15, 0.2) is 0 Å². The molecule has 2 unspecified atom stereocenters. The van der Waals surface area contributed by atoms with E-state index in [2.05, 4.69) is 20.8 Å². The van der Waals surface area contributed by atoms with E-state index in [0.29, 0.717) is 12.0 Å². The molecule has 1 aliphatic rings. The van der Waals surface area contributed by atoms with Crippen LogP contribution in [-0.2, 0) is 4.74 Å². The van der Waals surface area contributed by atoms with Crippen LogP contribution in [0.2, 0.25) is 0 Å². The Hall–Kier alpha value is -0.0800. The van der Waals surface area contributed by atoms with Crippen LogP contribution >= 0.6 is 0 Å². The highest BCUT2D eigenvalue weighted by molar-refractivity contribution is 4.86. The molecule has 0 radical (unpaired) electrons. The Kier molecular flexibility index (Phi) is 6.50. The summed E-state index contributed by atoms with van der Waals surface area (Å²) in [4.78, 5) is 0. The minimum atomic E-state index is -0.0463. The lowest BCUT2D eigenvalue weighted by atomic mass is 9.81. The van der Waals surface area contributed by atoms with E-state index < -0.39 is 0 Å². The average molecular weight is 241 g/mol. The van der Waals surface area contributed by atoms with Crippen LogP contribution in [-0.4, -0.2) is 18.2 Å². The first-order chi connectivity index (χ1) is 8.04. The van der Waals surface area contributed by atoms with Crippen molar-refractivity contribution in [1.82, 2.24) is 0 Å². The first-order valence-corrected chi connectivity index (χ1v) is 7.44. The van der Waals surface area contributed by atoms with E-state index >= 15 is 0 Å². The average Bonchev–Trinajstić information content (AvgIpc) is 3.03. The summed E-state index contributed by atoms with van der Waals surface area (Å²) in [7, 11) is 0. The minimum absolute atomic E-state index is 0.0463. The topological polar surface area (TPSA) is 38.5 Å². The van der Waals surface area contributed by atoms with Gasteiger partial charge in [-0.15, -0.1) is 0 Å². The van der Waals surface area contributed by atoms with Crippen molar-refractivity contribution in [2.45, 2.75) is 83.8 Å². The third kappa shape index (κ3) is 7.05. The maximum atomic E-state index is 6.26. The van der Waals surface area contributed by atoms with Gasteiger partial charge in [0, 0.05) is 5.54 Å². The minimum Gasteiger partial charge on any atom is -0.373 e. The third-order valence-corrected chi connectivity index (χ3v) is 3.91. The molecule has 0 bridgehead atoms. The van der Waals surface area contributed by atoms with Gasteiger partial charge in [0.1, 0.15) is 0 Å². The fraction of sp³-hybridized carbons (Fsp3) is 1.00. The number of hydrogen-bond acceptors (Lipinski definition) is 2. The van der Waals surface area contributed by atoms with E-state index in [-0.39, 0.29) is 5.54 Å². The highest BCUT2D eigenvalue weighted by Gasteiger charge is 2.32. The number of ether oxygens (including phenoxy) is 1. The summed E-state index contributed by atoms with van der Waals surface area (Å²) in [5.74, 6) is 0.626. The lowest BCUT2D eigenvalue weighted by Crippen LogP contribution is -2.41. The van der Waals surface area contributed by atoms with E-state index in [1.807, 2.05) is 0 Å². The Balaban J connectivity index is 2.10. The van der Waals surface area contributed by atoms with E-state index in [1.165, 1.54) is 51.4 Å². The fourth-order valence-electron chi connectivity index (χ4n) is 2.49. The molecule has 1 heterocycles. The smallest absolute Gasteiger partial charge is 0.0813 e. The summed E-state index contributed by atoms with van der Waals surface area (Å²) >= 11 is 0. The molecular formula is C15H31NO. The van der Waals surface area contributed by atoms with Crippen molar-refractivity contribution >= 4 is 0 Å². The maximum Gasteiger partial charge on any atom is 0.0813 e. The zero-order chi connectivity index (χ0) is 12.7. The van der Waals surface area contributed by atoms with Gasteiger partial charge >= 0.3 is 0 Å². The second-order valence-corrected chi connectivity index (χ2v) is 6.27. The van der Waals surface area contributed by atoms with Crippen molar-refractivity contribution in [1.29, 1.82) is 0 Å². The molecule has 17 heavy (non-hydrogen) atoms. The van der Waals surface area contributed by atoms with Gasteiger partial charge in [-0.05, 0) is 32.6 Å². The Morgan fingerprint density at radius 1 is 1.18 bits per heavy atom. The molecule has 1 fully saturated rings. The Morgan fingerprint density at radius 2 is 1.76 bits per heavy atom. The number of unbranched alkanes of at least 4 members (excludes halogenated alkanes) is 5. The van der Waals surface area contributed by atoms with Crippen LogP contribution in [0, 0.1) is 5.92 Å². The Morgan fingerprint density at radius 3 is 2.29 bits per heavy atom. The second kappa shape index (κ2) is 7.38. The van der Waals surface area contributed by atoms with Crippen molar-refractivity contribution < 1.29 is 4.74 Å². The SMILES string of the molecule is CCCCCCCCC(CC1CO1)C(C)(C)N. The summed E-state index contributed by atoms with van der Waals surface area (Å²) in [6.07, 6.45) is 11.2. The summed E-state index contributed by atoms with van der Waals surface area (Å²) in [5.41, 5.74) is 6.22. The molecule has 2 heteroatoms. The van der Waals surface area contributed by atoms with Crippen LogP contribution < -0.4 is 5.73 Å². The van der Waals surface area contributed by atoms with Crippen molar-refractivity contribution in [3.8, 4) is 0 Å². The molecular weight excluding hydrogens is 210 g/mol. The van der Waals surface area contributed by atoms with E-state index in [9.17, 15) is 0 Å². The summed E-state index contributed by atoms with van der Waals surface area (Å²) in [5, 5.41) is 0. The monoisotopic (exact) mass is 241 g/mol. The van der Waals surface area contributed by atoms with Gasteiger partial charge < -0.3 is 10.5 Å². The molecule has 1 saturated heterocycles. The van der Waals surface area contributed by atoms with Crippen LogP contribution in [0.25, 0.3) is 0 Å². The molecule has 2 atom stereocenters. The van der Waals surface area contributed by atoms with E-state index in [1.54, 1.807) is 0 Å². The standard InChI is InChI=1S/C15H31NO/c1-4-5-6-7-8-9-10-13(15(2,3)16)11-14-12-17-14/h13-14H,4-12,16H2,1-3H3.